The zero-order chi connectivity index (χ0) is 11.1. The number of aliphatic imine (C=N–C) groups is 1. The Hall–Kier alpha value is -1.11. The maximum Gasteiger partial charge on any atom is 0.0432 e. The number of hydrogen-bond acceptors (Lipinski definition) is 1. The van der Waals surface area contributed by atoms with Crippen LogP contribution < -0.4 is 0 Å². The summed E-state index contributed by atoms with van der Waals surface area (Å²) in [4.78, 5) is 4.57. The van der Waals surface area contributed by atoms with Crippen molar-refractivity contribution in [3.8, 4) is 0 Å². The molecule has 0 aliphatic carbocycles. The van der Waals surface area contributed by atoms with Crippen LogP contribution in [0.2, 0.25) is 0 Å². The summed E-state index contributed by atoms with van der Waals surface area (Å²) in [7, 11) is 0. The SMILES string of the molecule is C=C/C=C(\N=C(C=C)C(C)C)C(C)C. The molecule has 0 unspecified atom stereocenters. The van der Waals surface area contributed by atoms with Crippen molar-refractivity contribution in [2.45, 2.75) is 27.7 Å². The Morgan fingerprint density at radius 1 is 1.07 bits per heavy atom. The molecule has 1 heteroatoms. The topological polar surface area (TPSA) is 12.4 Å². The smallest absolute Gasteiger partial charge is 0.0432 e. The molecule has 0 aromatic carbocycles. The van der Waals surface area contributed by atoms with E-state index in [-0.39, 0.29) is 0 Å². The van der Waals surface area contributed by atoms with Crippen LogP contribution in [-0.2, 0) is 0 Å². The van der Waals surface area contributed by atoms with E-state index in [1.54, 1.807) is 6.08 Å². The minimum Gasteiger partial charge on any atom is -0.257 e. The molecule has 0 aromatic heterocycles. The normalized spacial score (nSPS) is 13.6. The van der Waals surface area contributed by atoms with E-state index in [1.807, 2.05) is 12.2 Å². The van der Waals surface area contributed by atoms with Gasteiger partial charge in [0, 0.05) is 11.4 Å². The number of nitrogens with zero attached hydrogens (tertiary/aromatic N) is 1. The summed E-state index contributed by atoms with van der Waals surface area (Å²) in [5.41, 5.74) is 2.09. The molecule has 0 aromatic rings. The number of hydrogen-bond donors (Lipinski definition) is 0. The third-order valence-corrected chi connectivity index (χ3v) is 1.94. The van der Waals surface area contributed by atoms with Crippen LogP contribution in [0.1, 0.15) is 27.7 Å². The zero-order valence-corrected chi connectivity index (χ0v) is 9.75. The van der Waals surface area contributed by atoms with Gasteiger partial charge in [-0.25, -0.2) is 0 Å². The molecule has 0 radical (unpaired) electrons. The van der Waals surface area contributed by atoms with Gasteiger partial charge in [0.1, 0.15) is 0 Å². The van der Waals surface area contributed by atoms with Gasteiger partial charge in [-0.1, -0.05) is 46.9 Å². The molecular formula is C13H21N. The second-order valence-corrected chi connectivity index (χ2v) is 3.88. The highest BCUT2D eigenvalue weighted by molar-refractivity contribution is 5.96. The number of allylic oxidation sites excluding steroid dienone is 4. The van der Waals surface area contributed by atoms with Gasteiger partial charge in [-0.2, -0.15) is 0 Å². The maximum absolute atomic E-state index is 4.57. The fourth-order valence-corrected chi connectivity index (χ4v) is 1.04. The molecule has 0 fully saturated rings. The lowest BCUT2D eigenvalue weighted by molar-refractivity contribution is 0.752. The van der Waals surface area contributed by atoms with Crippen molar-refractivity contribution in [3.63, 3.8) is 0 Å². The molecule has 0 amide bonds. The molecule has 0 aliphatic rings. The minimum atomic E-state index is 0.416. The molecule has 0 atom stereocenters. The average molecular weight is 191 g/mol. The van der Waals surface area contributed by atoms with Gasteiger partial charge >= 0.3 is 0 Å². The molecule has 0 heterocycles. The molecule has 78 valence electrons. The van der Waals surface area contributed by atoms with Gasteiger partial charge in [0.2, 0.25) is 0 Å². The summed E-state index contributed by atoms with van der Waals surface area (Å²) in [5.74, 6) is 0.834. The van der Waals surface area contributed by atoms with Crippen molar-refractivity contribution in [3.05, 3.63) is 37.1 Å². The first kappa shape index (κ1) is 12.9. The van der Waals surface area contributed by atoms with Gasteiger partial charge in [0.15, 0.2) is 0 Å². The third-order valence-electron chi connectivity index (χ3n) is 1.94. The first-order chi connectivity index (χ1) is 6.52. The molecule has 0 bridgehead atoms. The molecular weight excluding hydrogens is 170 g/mol. The Labute approximate surface area is 87.9 Å². The van der Waals surface area contributed by atoms with Crippen molar-refractivity contribution in [1.29, 1.82) is 0 Å². The van der Waals surface area contributed by atoms with Crippen molar-refractivity contribution < 1.29 is 0 Å². The van der Waals surface area contributed by atoms with E-state index in [2.05, 4.69) is 45.8 Å². The predicted octanol–water partition coefficient (Wildman–Crippen LogP) is 4.00. The quantitative estimate of drug-likeness (QED) is 0.460. The second-order valence-electron chi connectivity index (χ2n) is 3.88. The van der Waals surface area contributed by atoms with Crippen LogP contribution >= 0.6 is 0 Å². The molecule has 0 rings (SSSR count). The van der Waals surface area contributed by atoms with E-state index < -0.39 is 0 Å². The summed E-state index contributed by atoms with van der Waals surface area (Å²) in [5, 5.41) is 0. The van der Waals surface area contributed by atoms with Gasteiger partial charge in [0.25, 0.3) is 0 Å². The monoisotopic (exact) mass is 191 g/mol. The van der Waals surface area contributed by atoms with Crippen LogP contribution in [-0.4, -0.2) is 5.71 Å². The van der Waals surface area contributed by atoms with Crippen LogP contribution in [0.25, 0.3) is 0 Å². The maximum atomic E-state index is 4.57. The summed E-state index contributed by atoms with van der Waals surface area (Å²) < 4.78 is 0. The number of rotatable bonds is 5. The van der Waals surface area contributed by atoms with E-state index in [0.717, 1.165) is 11.4 Å². The summed E-state index contributed by atoms with van der Waals surface area (Å²) >= 11 is 0. The van der Waals surface area contributed by atoms with E-state index in [4.69, 9.17) is 0 Å². The average Bonchev–Trinajstić information content (AvgIpc) is 2.11. The molecule has 0 N–H and O–H groups in total. The lowest BCUT2D eigenvalue weighted by Gasteiger charge is -2.09. The Morgan fingerprint density at radius 2 is 1.64 bits per heavy atom. The van der Waals surface area contributed by atoms with Crippen molar-refractivity contribution >= 4 is 5.71 Å². The van der Waals surface area contributed by atoms with Crippen molar-refractivity contribution in [1.82, 2.24) is 0 Å². The zero-order valence-electron chi connectivity index (χ0n) is 9.75. The lowest BCUT2D eigenvalue weighted by atomic mass is 10.1. The van der Waals surface area contributed by atoms with Gasteiger partial charge < -0.3 is 0 Å². The largest absolute Gasteiger partial charge is 0.257 e. The highest BCUT2D eigenvalue weighted by Gasteiger charge is 2.04. The van der Waals surface area contributed by atoms with Crippen LogP contribution in [0.5, 0.6) is 0 Å². The fraction of sp³-hybridized carbons (Fsp3) is 0.462. The third kappa shape index (κ3) is 4.22. The highest BCUT2D eigenvalue weighted by atomic mass is 14.8. The van der Waals surface area contributed by atoms with E-state index in [1.165, 1.54) is 0 Å². The van der Waals surface area contributed by atoms with Gasteiger partial charge in [0.05, 0.1) is 0 Å². The first-order valence-corrected chi connectivity index (χ1v) is 5.06. The Balaban J connectivity index is 4.95. The lowest BCUT2D eigenvalue weighted by Crippen LogP contribution is -2.05. The predicted molar refractivity (Wildman–Crippen MR) is 65.6 cm³/mol. The van der Waals surface area contributed by atoms with Crippen LogP contribution in [0.15, 0.2) is 42.1 Å². The van der Waals surface area contributed by atoms with Crippen LogP contribution in [0.4, 0.5) is 0 Å². The Bertz CT molecular complexity index is 254. The second kappa shape index (κ2) is 6.36. The van der Waals surface area contributed by atoms with Crippen LogP contribution in [0, 0.1) is 11.8 Å². The summed E-state index contributed by atoms with van der Waals surface area (Å²) in [6.07, 6.45) is 5.56. The molecule has 0 aliphatic heterocycles. The Morgan fingerprint density at radius 3 is 1.93 bits per heavy atom. The summed E-state index contributed by atoms with van der Waals surface area (Å²) in [6, 6.07) is 0. The standard InChI is InChI=1S/C13H21N/c1-7-9-13(11(5)6)14-12(8-2)10(3)4/h7-11H,1-2H2,3-6H3/b13-9-,14-12?. The van der Waals surface area contributed by atoms with Crippen molar-refractivity contribution in [2.24, 2.45) is 16.8 Å². The molecule has 0 spiro atoms. The molecule has 0 saturated carbocycles. The van der Waals surface area contributed by atoms with Gasteiger partial charge in [-0.3, -0.25) is 4.99 Å². The summed E-state index contributed by atoms with van der Waals surface area (Å²) in [6.45, 7) is 15.9. The molecule has 0 saturated heterocycles. The highest BCUT2D eigenvalue weighted by Crippen LogP contribution is 2.13. The van der Waals surface area contributed by atoms with E-state index >= 15 is 0 Å². The molecule has 1 nitrogen and oxygen atoms in total. The van der Waals surface area contributed by atoms with Crippen molar-refractivity contribution in [2.75, 3.05) is 0 Å². The van der Waals surface area contributed by atoms with E-state index in [0.29, 0.717) is 11.8 Å². The fourth-order valence-electron chi connectivity index (χ4n) is 1.04. The van der Waals surface area contributed by atoms with E-state index in [9.17, 15) is 0 Å². The van der Waals surface area contributed by atoms with Gasteiger partial charge in [-0.05, 0) is 24.0 Å². The first-order valence-electron chi connectivity index (χ1n) is 5.06. The molecule has 14 heavy (non-hydrogen) atoms. The van der Waals surface area contributed by atoms with Crippen LogP contribution in [0.3, 0.4) is 0 Å². The minimum absolute atomic E-state index is 0.416. The Kier molecular flexibility index (Phi) is 5.86. The van der Waals surface area contributed by atoms with Gasteiger partial charge in [-0.15, -0.1) is 0 Å².